The Morgan fingerprint density at radius 3 is 2.75 bits per heavy atom. The molecule has 0 aliphatic carbocycles. The highest BCUT2D eigenvalue weighted by atomic mass is 79.9. The van der Waals surface area contributed by atoms with Crippen molar-refractivity contribution in [3.05, 3.63) is 79.8 Å². The van der Waals surface area contributed by atoms with Crippen LogP contribution in [0.3, 0.4) is 0 Å². The molecule has 2 atom stereocenters. The molecule has 1 aromatic heterocycles. The number of nitro groups is 1. The second kappa shape index (κ2) is 8.73. The first-order chi connectivity index (χ1) is 15.5. The smallest absolute Gasteiger partial charge is 0.269 e. The molecule has 1 saturated heterocycles. The number of benzene rings is 2. The minimum atomic E-state index is -0.339. The van der Waals surface area contributed by atoms with E-state index in [1.807, 2.05) is 30.3 Å². The van der Waals surface area contributed by atoms with Crippen LogP contribution in [0.15, 0.2) is 46.9 Å². The van der Waals surface area contributed by atoms with Crippen molar-refractivity contribution in [1.29, 1.82) is 0 Å². The zero-order chi connectivity index (χ0) is 22.2. The zero-order valence-corrected chi connectivity index (χ0v) is 19.5. The molecule has 0 bridgehead atoms. The van der Waals surface area contributed by atoms with Crippen LogP contribution in [0.4, 0.5) is 5.69 Å². The molecule has 2 aliphatic heterocycles. The van der Waals surface area contributed by atoms with E-state index < -0.39 is 0 Å². The van der Waals surface area contributed by atoms with E-state index in [0.717, 1.165) is 59.0 Å². The van der Waals surface area contributed by atoms with Crippen molar-refractivity contribution >= 4 is 21.6 Å². The van der Waals surface area contributed by atoms with Gasteiger partial charge in [-0.25, -0.2) is 0 Å². The SMILES string of the molecule is CC1NC(c2cccc(Br)c2)c2cc([N+](=O)[O-])ccc2-n2c(CCN3CCCC3)nnc21. The summed E-state index contributed by atoms with van der Waals surface area (Å²) in [5.74, 6) is 1.72. The fraction of sp³-hybridized carbons (Fsp3) is 0.391. The van der Waals surface area contributed by atoms with E-state index in [9.17, 15) is 10.1 Å². The molecule has 9 heteroatoms. The Bertz CT molecular complexity index is 1160. The number of likely N-dealkylation sites (tertiary alicyclic amines) is 1. The lowest BCUT2D eigenvalue weighted by atomic mass is 9.96. The number of hydrogen-bond acceptors (Lipinski definition) is 6. The van der Waals surface area contributed by atoms with E-state index >= 15 is 0 Å². The molecule has 32 heavy (non-hydrogen) atoms. The molecule has 2 unspecified atom stereocenters. The Kier molecular flexibility index (Phi) is 5.79. The molecule has 0 radical (unpaired) electrons. The standard InChI is InChI=1S/C23H25BrN6O2/c1-15-23-27-26-21(9-12-28-10-2-3-11-28)29(23)20-8-7-18(30(31)32)14-19(20)22(25-15)16-5-4-6-17(24)13-16/h4-8,13-15,22,25H,2-3,9-12H2,1H3. The summed E-state index contributed by atoms with van der Waals surface area (Å²) in [5, 5.41) is 24.3. The largest absolute Gasteiger partial charge is 0.303 e. The summed E-state index contributed by atoms with van der Waals surface area (Å²) in [6.45, 7) is 5.27. The van der Waals surface area contributed by atoms with Crippen molar-refractivity contribution in [2.24, 2.45) is 0 Å². The first kappa shape index (κ1) is 21.2. The van der Waals surface area contributed by atoms with Crippen LogP contribution in [0.5, 0.6) is 0 Å². The highest BCUT2D eigenvalue weighted by Crippen LogP contribution is 2.37. The molecule has 1 N–H and O–H groups in total. The monoisotopic (exact) mass is 496 g/mol. The maximum absolute atomic E-state index is 11.6. The van der Waals surface area contributed by atoms with Crippen molar-refractivity contribution in [3.63, 3.8) is 0 Å². The maximum atomic E-state index is 11.6. The number of rotatable bonds is 5. The second-order valence-electron chi connectivity index (χ2n) is 8.49. The van der Waals surface area contributed by atoms with Crippen LogP contribution in [0.2, 0.25) is 0 Å². The average Bonchev–Trinajstić information content (AvgIpc) is 3.43. The van der Waals surface area contributed by atoms with Gasteiger partial charge in [0, 0.05) is 35.1 Å². The Labute approximate surface area is 194 Å². The molecule has 5 rings (SSSR count). The van der Waals surface area contributed by atoms with E-state index in [4.69, 9.17) is 0 Å². The van der Waals surface area contributed by atoms with E-state index in [1.54, 1.807) is 12.1 Å². The number of hydrogen-bond donors (Lipinski definition) is 1. The van der Waals surface area contributed by atoms with Gasteiger partial charge in [0.05, 0.1) is 22.7 Å². The summed E-state index contributed by atoms with van der Waals surface area (Å²) < 4.78 is 3.07. The molecule has 3 aromatic rings. The number of fused-ring (bicyclic) bond motifs is 3. The van der Waals surface area contributed by atoms with Gasteiger partial charge in [-0.2, -0.15) is 0 Å². The van der Waals surface area contributed by atoms with E-state index in [0.29, 0.717) is 0 Å². The molecular weight excluding hydrogens is 472 g/mol. The topological polar surface area (TPSA) is 89.1 Å². The summed E-state index contributed by atoms with van der Waals surface area (Å²) in [5.41, 5.74) is 2.86. The van der Waals surface area contributed by atoms with Crippen LogP contribution in [0.1, 0.15) is 54.6 Å². The summed E-state index contributed by atoms with van der Waals surface area (Å²) >= 11 is 3.56. The first-order valence-corrected chi connectivity index (χ1v) is 11.8. The Morgan fingerprint density at radius 2 is 2.00 bits per heavy atom. The van der Waals surface area contributed by atoms with Gasteiger partial charge in [0.1, 0.15) is 5.82 Å². The van der Waals surface area contributed by atoms with Crippen molar-refractivity contribution in [1.82, 2.24) is 25.0 Å². The third-order valence-corrected chi connectivity index (χ3v) is 6.86. The van der Waals surface area contributed by atoms with Gasteiger partial charge in [-0.1, -0.05) is 28.1 Å². The quantitative estimate of drug-likeness (QED) is 0.417. The lowest BCUT2D eigenvalue weighted by Gasteiger charge is -2.22. The molecule has 2 aliphatic rings. The minimum absolute atomic E-state index is 0.0772. The zero-order valence-electron chi connectivity index (χ0n) is 17.9. The molecule has 0 spiro atoms. The molecule has 1 fully saturated rings. The van der Waals surface area contributed by atoms with Gasteiger partial charge in [0.2, 0.25) is 0 Å². The highest BCUT2D eigenvalue weighted by Gasteiger charge is 2.31. The van der Waals surface area contributed by atoms with E-state index in [1.165, 1.54) is 12.8 Å². The van der Waals surface area contributed by atoms with E-state index in [2.05, 4.69) is 47.8 Å². The number of aromatic nitrogens is 3. The molecule has 166 valence electrons. The average molecular weight is 497 g/mol. The van der Waals surface area contributed by atoms with Gasteiger partial charge < -0.3 is 4.90 Å². The van der Waals surface area contributed by atoms with Crippen molar-refractivity contribution in [3.8, 4) is 5.69 Å². The number of non-ortho nitro benzene ring substituents is 1. The van der Waals surface area contributed by atoms with Crippen molar-refractivity contribution in [2.75, 3.05) is 19.6 Å². The van der Waals surface area contributed by atoms with Gasteiger partial charge >= 0.3 is 0 Å². The van der Waals surface area contributed by atoms with Crippen LogP contribution in [-0.2, 0) is 6.42 Å². The van der Waals surface area contributed by atoms with Crippen LogP contribution >= 0.6 is 15.9 Å². The van der Waals surface area contributed by atoms with Gasteiger partial charge in [-0.3, -0.25) is 20.0 Å². The highest BCUT2D eigenvalue weighted by molar-refractivity contribution is 9.10. The normalized spacial score (nSPS) is 20.6. The second-order valence-corrected chi connectivity index (χ2v) is 9.40. The maximum Gasteiger partial charge on any atom is 0.269 e. The Morgan fingerprint density at radius 1 is 1.19 bits per heavy atom. The summed E-state index contributed by atoms with van der Waals surface area (Å²) in [7, 11) is 0. The number of nitrogens with zero attached hydrogens (tertiary/aromatic N) is 5. The molecule has 8 nitrogen and oxygen atoms in total. The van der Waals surface area contributed by atoms with Gasteiger partial charge in [0.25, 0.3) is 5.69 Å². The molecule has 0 amide bonds. The predicted molar refractivity (Wildman–Crippen MR) is 125 cm³/mol. The Hall–Kier alpha value is -2.62. The summed E-state index contributed by atoms with van der Waals surface area (Å²) in [6, 6.07) is 12.8. The van der Waals surface area contributed by atoms with Crippen LogP contribution in [-0.4, -0.2) is 44.2 Å². The molecule has 2 aromatic carbocycles. The Balaban J connectivity index is 1.62. The lowest BCUT2D eigenvalue weighted by Crippen LogP contribution is -2.25. The number of nitrogens with one attached hydrogen (secondary N) is 1. The van der Waals surface area contributed by atoms with Gasteiger partial charge in [-0.15, -0.1) is 10.2 Å². The minimum Gasteiger partial charge on any atom is -0.303 e. The van der Waals surface area contributed by atoms with E-state index in [-0.39, 0.29) is 22.7 Å². The predicted octanol–water partition coefficient (Wildman–Crippen LogP) is 4.33. The van der Waals surface area contributed by atoms with Crippen molar-refractivity contribution < 1.29 is 4.92 Å². The van der Waals surface area contributed by atoms with Gasteiger partial charge in [0.15, 0.2) is 5.82 Å². The third kappa shape index (κ3) is 3.96. The molecule has 3 heterocycles. The van der Waals surface area contributed by atoms with Crippen LogP contribution < -0.4 is 5.32 Å². The molecule has 0 saturated carbocycles. The lowest BCUT2D eigenvalue weighted by molar-refractivity contribution is -0.384. The fourth-order valence-electron chi connectivity index (χ4n) is 4.77. The van der Waals surface area contributed by atoms with Gasteiger partial charge in [-0.05, 0) is 56.6 Å². The number of halogens is 1. The summed E-state index contributed by atoms with van der Waals surface area (Å²) in [4.78, 5) is 13.7. The summed E-state index contributed by atoms with van der Waals surface area (Å²) in [6.07, 6.45) is 3.29. The fourth-order valence-corrected chi connectivity index (χ4v) is 5.18. The van der Waals surface area contributed by atoms with Crippen LogP contribution in [0, 0.1) is 10.1 Å². The molecular formula is C23H25BrN6O2. The first-order valence-electron chi connectivity index (χ1n) is 11.0. The van der Waals surface area contributed by atoms with Crippen molar-refractivity contribution in [2.45, 2.75) is 38.3 Å². The number of nitro benzene ring substituents is 1. The third-order valence-electron chi connectivity index (χ3n) is 6.37. The van der Waals surface area contributed by atoms with Crippen LogP contribution in [0.25, 0.3) is 5.69 Å².